The molecule has 0 atom stereocenters. The number of esters is 1. The van der Waals surface area contributed by atoms with E-state index >= 15 is 0 Å². The first kappa shape index (κ1) is 37.7. The second-order valence-corrected chi connectivity index (χ2v) is 11.6. The monoisotopic (exact) mass is 550 g/mol. The molecule has 0 heterocycles. The molecule has 0 radical (unpaired) electrons. The van der Waals surface area contributed by atoms with Gasteiger partial charge in [0.25, 0.3) is 0 Å². The zero-order valence-electron chi connectivity index (χ0n) is 26.0. The van der Waals surface area contributed by atoms with Crippen LogP contribution in [0.2, 0.25) is 0 Å². The molecule has 0 aliphatic rings. The van der Waals surface area contributed by atoms with E-state index in [1.54, 1.807) is 0 Å². The zero-order valence-corrected chi connectivity index (χ0v) is 26.0. The van der Waals surface area contributed by atoms with Crippen molar-refractivity contribution in [2.24, 2.45) is 0 Å². The number of allylic oxidation sites excluding steroid dienone is 2. The molecule has 0 saturated heterocycles. The van der Waals surface area contributed by atoms with Crippen LogP contribution in [0.15, 0.2) is 12.2 Å². The molecule has 4 nitrogen and oxygen atoms in total. The number of ether oxygens (including phenoxy) is 1. The van der Waals surface area contributed by atoms with Gasteiger partial charge in [0, 0.05) is 12.8 Å². The maximum atomic E-state index is 11.9. The highest BCUT2D eigenvalue weighted by Crippen LogP contribution is 2.14. The van der Waals surface area contributed by atoms with Gasteiger partial charge in [0.2, 0.25) is 0 Å². The van der Waals surface area contributed by atoms with E-state index in [1.165, 1.54) is 141 Å². The first-order valence-electron chi connectivity index (χ1n) is 17.2. The maximum absolute atomic E-state index is 11.9. The van der Waals surface area contributed by atoms with Crippen LogP contribution in [0.3, 0.4) is 0 Å². The second-order valence-electron chi connectivity index (χ2n) is 11.6. The molecule has 0 aromatic rings. The number of unbranched alkanes of at least 4 members (excludes halogenated alkanes) is 24. The molecular weight excluding hydrogens is 484 g/mol. The van der Waals surface area contributed by atoms with Gasteiger partial charge in [-0.25, -0.2) is 0 Å². The minimum absolute atomic E-state index is 0.00658. The Labute approximate surface area is 243 Å². The van der Waals surface area contributed by atoms with Crippen molar-refractivity contribution >= 4 is 11.9 Å². The molecule has 0 fully saturated rings. The molecule has 39 heavy (non-hydrogen) atoms. The molecule has 230 valence electrons. The largest absolute Gasteiger partial charge is 0.481 e. The first-order valence-corrected chi connectivity index (χ1v) is 17.2. The summed E-state index contributed by atoms with van der Waals surface area (Å²) in [5.41, 5.74) is 0. The van der Waals surface area contributed by atoms with Crippen molar-refractivity contribution in [3.8, 4) is 0 Å². The van der Waals surface area contributed by atoms with Crippen LogP contribution in [0, 0.1) is 0 Å². The highest BCUT2D eigenvalue weighted by molar-refractivity contribution is 5.69. The van der Waals surface area contributed by atoms with Crippen LogP contribution >= 0.6 is 0 Å². The molecule has 0 bridgehead atoms. The predicted molar refractivity (Wildman–Crippen MR) is 167 cm³/mol. The summed E-state index contributed by atoms with van der Waals surface area (Å²) >= 11 is 0. The number of carboxylic acids is 1. The lowest BCUT2D eigenvalue weighted by molar-refractivity contribution is -0.144. The van der Waals surface area contributed by atoms with E-state index in [-0.39, 0.29) is 5.97 Å². The lowest BCUT2D eigenvalue weighted by atomic mass is 10.0. The number of hydrogen-bond donors (Lipinski definition) is 1. The smallest absolute Gasteiger partial charge is 0.305 e. The molecule has 0 aliphatic heterocycles. The summed E-state index contributed by atoms with van der Waals surface area (Å²) in [6.45, 7) is 2.87. The van der Waals surface area contributed by atoms with Gasteiger partial charge in [0.1, 0.15) is 0 Å². The molecule has 0 unspecified atom stereocenters. The minimum atomic E-state index is -0.669. The van der Waals surface area contributed by atoms with Gasteiger partial charge in [0.15, 0.2) is 0 Å². The van der Waals surface area contributed by atoms with Crippen LogP contribution in [0.1, 0.15) is 193 Å². The Morgan fingerprint density at radius 1 is 0.487 bits per heavy atom. The highest BCUT2D eigenvalue weighted by Gasteiger charge is 2.02. The number of carboxylic acid groups (broad SMARTS) is 1. The summed E-state index contributed by atoms with van der Waals surface area (Å²) in [6, 6.07) is 0. The topological polar surface area (TPSA) is 63.6 Å². The fourth-order valence-corrected chi connectivity index (χ4v) is 5.10. The lowest BCUT2D eigenvalue weighted by Crippen LogP contribution is -2.05. The molecule has 0 aromatic carbocycles. The predicted octanol–water partition coefficient (Wildman–Crippen LogP) is 11.5. The molecular formula is C35H66O4. The van der Waals surface area contributed by atoms with Crippen molar-refractivity contribution in [3.63, 3.8) is 0 Å². The van der Waals surface area contributed by atoms with Gasteiger partial charge in [-0.2, -0.15) is 0 Å². The SMILES string of the molecule is CCCCCCCC/C=C\CCCCCCCC(=O)OCCCCCCCCCCCCCCCCC(=O)O. The van der Waals surface area contributed by atoms with E-state index in [4.69, 9.17) is 9.84 Å². The third-order valence-electron chi connectivity index (χ3n) is 7.69. The average Bonchev–Trinajstić information content (AvgIpc) is 2.92. The van der Waals surface area contributed by atoms with Crippen molar-refractivity contribution in [2.75, 3.05) is 6.61 Å². The van der Waals surface area contributed by atoms with Crippen molar-refractivity contribution in [3.05, 3.63) is 12.2 Å². The second kappa shape index (κ2) is 32.9. The standard InChI is InChI=1S/C35H66O4/c1-2-3-4-5-6-7-8-9-10-14-17-20-23-26-29-32-35(38)39-33-30-27-24-21-18-15-12-11-13-16-19-22-25-28-31-34(36)37/h9-10H,2-8,11-33H2,1H3,(H,36,37)/b10-9-. The average molecular weight is 551 g/mol. The van der Waals surface area contributed by atoms with Crippen molar-refractivity contribution in [2.45, 2.75) is 193 Å². The quantitative estimate of drug-likeness (QED) is 0.0514. The van der Waals surface area contributed by atoms with Gasteiger partial charge in [-0.1, -0.05) is 147 Å². The van der Waals surface area contributed by atoms with Crippen LogP contribution in [-0.4, -0.2) is 23.7 Å². The van der Waals surface area contributed by atoms with Crippen molar-refractivity contribution in [1.29, 1.82) is 0 Å². The third kappa shape index (κ3) is 34.7. The minimum Gasteiger partial charge on any atom is -0.481 e. The fourth-order valence-electron chi connectivity index (χ4n) is 5.10. The van der Waals surface area contributed by atoms with E-state index in [0.717, 1.165) is 32.1 Å². The Hall–Kier alpha value is -1.32. The van der Waals surface area contributed by atoms with Crippen molar-refractivity contribution in [1.82, 2.24) is 0 Å². The van der Waals surface area contributed by atoms with E-state index in [0.29, 0.717) is 19.4 Å². The van der Waals surface area contributed by atoms with Gasteiger partial charge < -0.3 is 9.84 Å². The summed E-state index contributed by atoms with van der Waals surface area (Å²) in [5.74, 6) is -0.675. The molecule has 0 spiro atoms. The molecule has 0 aliphatic carbocycles. The Morgan fingerprint density at radius 2 is 0.846 bits per heavy atom. The number of aliphatic carboxylic acids is 1. The highest BCUT2D eigenvalue weighted by atomic mass is 16.5. The van der Waals surface area contributed by atoms with Gasteiger partial charge in [-0.05, 0) is 44.9 Å². The lowest BCUT2D eigenvalue weighted by Gasteiger charge is -2.05. The van der Waals surface area contributed by atoms with Crippen LogP contribution in [-0.2, 0) is 14.3 Å². The molecule has 4 heteroatoms. The van der Waals surface area contributed by atoms with Crippen LogP contribution in [0.25, 0.3) is 0 Å². The van der Waals surface area contributed by atoms with Gasteiger partial charge in [0.05, 0.1) is 6.61 Å². The first-order chi connectivity index (χ1) is 19.2. The molecule has 0 rings (SSSR count). The van der Waals surface area contributed by atoms with E-state index in [2.05, 4.69) is 19.1 Å². The fraction of sp³-hybridized carbons (Fsp3) is 0.886. The number of rotatable bonds is 32. The summed E-state index contributed by atoms with van der Waals surface area (Å²) < 4.78 is 5.41. The number of hydrogen-bond acceptors (Lipinski definition) is 3. The Morgan fingerprint density at radius 3 is 1.28 bits per heavy atom. The van der Waals surface area contributed by atoms with E-state index < -0.39 is 5.97 Å². The number of carbonyl (C=O) groups excluding carboxylic acids is 1. The maximum Gasteiger partial charge on any atom is 0.305 e. The van der Waals surface area contributed by atoms with E-state index in [9.17, 15) is 9.59 Å². The summed E-state index contributed by atoms with van der Waals surface area (Å²) in [4.78, 5) is 22.4. The Balaban J connectivity index is 3.19. The molecule has 0 saturated carbocycles. The summed E-state index contributed by atoms with van der Waals surface area (Å²) in [7, 11) is 0. The van der Waals surface area contributed by atoms with Gasteiger partial charge in [-0.15, -0.1) is 0 Å². The normalized spacial score (nSPS) is 11.4. The zero-order chi connectivity index (χ0) is 28.5. The summed E-state index contributed by atoms with van der Waals surface area (Å²) in [6.07, 6.45) is 39.3. The van der Waals surface area contributed by atoms with Gasteiger partial charge in [-0.3, -0.25) is 9.59 Å². The third-order valence-corrected chi connectivity index (χ3v) is 7.69. The number of carbonyl (C=O) groups is 2. The van der Waals surface area contributed by atoms with Crippen LogP contribution in [0.4, 0.5) is 0 Å². The van der Waals surface area contributed by atoms with Crippen LogP contribution in [0.5, 0.6) is 0 Å². The summed E-state index contributed by atoms with van der Waals surface area (Å²) in [5, 5.41) is 8.62. The van der Waals surface area contributed by atoms with Crippen molar-refractivity contribution < 1.29 is 19.4 Å². The van der Waals surface area contributed by atoms with Gasteiger partial charge >= 0.3 is 11.9 Å². The van der Waals surface area contributed by atoms with E-state index in [1.807, 2.05) is 0 Å². The molecule has 0 amide bonds. The molecule has 1 N–H and O–H groups in total. The Kier molecular flexibility index (Phi) is 31.8. The van der Waals surface area contributed by atoms with Crippen LogP contribution < -0.4 is 0 Å². The Bertz CT molecular complexity index is 543. The molecule has 0 aromatic heterocycles.